The number of carbonyl (C=O) groups is 3. The molecule has 1 aliphatic heterocycles. The number of anilines is 1. The molecule has 4 amide bonds. The predicted octanol–water partition coefficient (Wildman–Crippen LogP) is 8.15. The van der Waals surface area contributed by atoms with Crippen molar-refractivity contribution in [3.05, 3.63) is 148 Å². The van der Waals surface area contributed by atoms with Gasteiger partial charge in [0.1, 0.15) is 31.1 Å². The van der Waals surface area contributed by atoms with E-state index in [1.807, 2.05) is 78.9 Å². The number of urea groups is 1. The van der Waals surface area contributed by atoms with Gasteiger partial charge in [-0.15, -0.1) is 0 Å². The van der Waals surface area contributed by atoms with Gasteiger partial charge in [-0.3, -0.25) is 14.9 Å². The van der Waals surface area contributed by atoms with Crippen molar-refractivity contribution >= 4 is 41.2 Å². The van der Waals surface area contributed by atoms with Crippen molar-refractivity contribution in [3.63, 3.8) is 0 Å². The predicted molar refractivity (Wildman–Crippen MR) is 197 cm³/mol. The molecule has 0 atom stereocenters. The minimum absolute atomic E-state index is 0.129. The van der Waals surface area contributed by atoms with Crippen LogP contribution in [0.5, 0.6) is 28.7 Å². The second-order valence-electron chi connectivity index (χ2n) is 11.5. The molecule has 5 aromatic rings. The van der Waals surface area contributed by atoms with Gasteiger partial charge in [-0.05, 0) is 83.8 Å². The summed E-state index contributed by atoms with van der Waals surface area (Å²) in [6, 6.07) is 33.7. The number of methoxy groups -OCH3 is 1. The van der Waals surface area contributed by atoms with E-state index in [1.165, 1.54) is 6.08 Å². The van der Waals surface area contributed by atoms with Crippen molar-refractivity contribution in [2.24, 2.45) is 0 Å². The van der Waals surface area contributed by atoms with E-state index < -0.39 is 17.8 Å². The highest BCUT2D eigenvalue weighted by atomic mass is 35.5. The molecule has 1 aliphatic rings. The Morgan fingerprint density at radius 1 is 0.673 bits per heavy atom. The quantitative estimate of drug-likeness (QED) is 0.0905. The number of amides is 4. The van der Waals surface area contributed by atoms with Crippen molar-refractivity contribution < 1.29 is 38.1 Å². The average molecular weight is 719 g/mol. The van der Waals surface area contributed by atoms with E-state index in [0.717, 1.165) is 21.6 Å². The zero-order chi connectivity index (χ0) is 36.5. The Balaban J connectivity index is 1.17. The van der Waals surface area contributed by atoms with Gasteiger partial charge in [-0.25, -0.2) is 9.69 Å². The van der Waals surface area contributed by atoms with Crippen molar-refractivity contribution in [1.29, 1.82) is 0 Å². The number of halogens is 1. The first-order valence-corrected chi connectivity index (χ1v) is 16.8. The number of hydrogen-bond acceptors (Lipinski definition) is 8. The van der Waals surface area contributed by atoms with Gasteiger partial charge in [0, 0.05) is 0 Å². The highest BCUT2D eigenvalue weighted by Crippen LogP contribution is 2.39. The van der Waals surface area contributed by atoms with Crippen LogP contribution in [-0.2, 0) is 29.4 Å². The number of carbonyl (C=O) groups excluding carboxylic acids is 3. The molecular formula is C41H35ClN2O8. The van der Waals surface area contributed by atoms with E-state index in [-0.39, 0.29) is 28.6 Å². The fourth-order valence-electron chi connectivity index (χ4n) is 5.38. The van der Waals surface area contributed by atoms with Gasteiger partial charge in [-0.2, -0.15) is 0 Å². The minimum Gasteiger partial charge on any atom is -0.493 e. The summed E-state index contributed by atoms with van der Waals surface area (Å²) in [6.07, 6.45) is 1.35. The molecule has 0 aromatic heterocycles. The van der Waals surface area contributed by atoms with Crippen LogP contribution in [0.15, 0.2) is 121 Å². The molecule has 52 heavy (non-hydrogen) atoms. The van der Waals surface area contributed by atoms with Crippen molar-refractivity contribution in [2.75, 3.05) is 18.6 Å². The molecule has 11 heteroatoms. The number of benzene rings is 5. The highest BCUT2D eigenvalue weighted by molar-refractivity contribution is 6.39. The Morgan fingerprint density at radius 3 is 1.98 bits per heavy atom. The molecule has 10 nitrogen and oxygen atoms in total. The number of barbiturate groups is 1. The van der Waals surface area contributed by atoms with Gasteiger partial charge in [0.05, 0.1) is 24.4 Å². The Kier molecular flexibility index (Phi) is 11.4. The molecule has 0 unspecified atom stereocenters. The van der Waals surface area contributed by atoms with E-state index in [4.69, 9.17) is 35.3 Å². The number of nitrogens with one attached hydrogen (secondary N) is 1. The first-order chi connectivity index (χ1) is 25.3. The van der Waals surface area contributed by atoms with Crippen LogP contribution in [0.4, 0.5) is 10.5 Å². The lowest BCUT2D eigenvalue weighted by Gasteiger charge is -2.26. The van der Waals surface area contributed by atoms with Gasteiger partial charge in [0.2, 0.25) is 0 Å². The number of ether oxygens (including phenoxy) is 5. The van der Waals surface area contributed by atoms with Crippen LogP contribution in [0.25, 0.3) is 6.08 Å². The Labute approximate surface area is 306 Å². The Hall–Kier alpha value is -6.26. The zero-order valence-electron chi connectivity index (χ0n) is 28.5. The summed E-state index contributed by atoms with van der Waals surface area (Å²) in [7, 11) is 1.57. The maximum atomic E-state index is 13.6. The van der Waals surface area contributed by atoms with Crippen LogP contribution < -0.4 is 33.9 Å². The third kappa shape index (κ3) is 8.54. The van der Waals surface area contributed by atoms with Gasteiger partial charge in [0.15, 0.2) is 23.0 Å². The molecule has 0 bridgehead atoms. The molecule has 1 saturated heterocycles. The SMILES string of the molecule is CCOc1cc(/C=C2/C(=O)NC(=O)N(c3ccc(OCc4ccccc4)cc3)C2=O)cc(Cl)c1OCc1ccc(OCc2ccccc2)c(OC)c1. The maximum absolute atomic E-state index is 13.6. The smallest absolute Gasteiger partial charge is 0.335 e. The third-order valence-electron chi connectivity index (χ3n) is 7.94. The monoisotopic (exact) mass is 718 g/mol. The van der Waals surface area contributed by atoms with Crippen LogP contribution in [0, 0.1) is 0 Å². The lowest BCUT2D eigenvalue weighted by Crippen LogP contribution is -2.54. The van der Waals surface area contributed by atoms with Crippen molar-refractivity contribution in [1.82, 2.24) is 5.32 Å². The number of hydrogen-bond donors (Lipinski definition) is 1. The Morgan fingerprint density at radius 2 is 1.33 bits per heavy atom. The lowest BCUT2D eigenvalue weighted by atomic mass is 10.1. The molecule has 1 fully saturated rings. The highest BCUT2D eigenvalue weighted by Gasteiger charge is 2.37. The summed E-state index contributed by atoms with van der Waals surface area (Å²) in [4.78, 5) is 40.2. The minimum atomic E-state index is -0.866. The number of nitrogens with zero attached hydrogens (tertiary/aromatic N) is 1. The lowest BCUT2D eigenvalue weighted by molar-refractivity contribution is -0.122. The summed E-state index contributed by atoms with van der Waals surface area (Å²) in [6.45, 7) is 2.97. The molecule has 0 spiro atoms. The van der Waals surface area contributed by atoms with Crippen LogP contribution in [-0.4, -0.2) is 31.6 Å². The van der Waals surface area contributed by atoms with Gasteiger partial charge < -0.3 is 23.7 Å². The zero-order valence-corrected chi connectivity index (χ0v) is 29.2. The van der Waals surface area contributed by atoms with E-state index >= 15 is 0 Å². The Bertz CT molecular complexity index is 2090. The van der Waals surface area contributed by atoms with E-state index in [0.29, 0.717) is 48.4 Å². The topological polar surface area (TPSA) is 113 Å². The molecule has 6 rings (SSSR count). The van der Waals surface area contributed by atoms with Crippen LogP contribution in [0.2, 0.25) is 5.02 Å². The van der Waals surface area contributed by atoms with Gasteiger partial charge in [0.25, 0.3) is 11.8 Å². The molecule has 5 aromatic carbocycles. The molecule has 0 saturated carbocycles. The standard InChI is InChI=1S/C41H35ClN2O8/c1-3-49-37-23-30(21-34(42)38(37)52-26-29-14-19-35(36(22-29)48-2)51-25-28-12-8-5-9-13-28)20-33-39(45)43-41(47)44(40(33)46)31-15-17-32(18-16-31)50-24-27-10-6-4-7-11-27/h4-23H,3,24-26H2,1-2H3,(H,43,45,47)/b33-20-. The molecule has 0 radical (unpaired) electrons. The fraction of sp³-hybridized carbons (Fsp3) is 0.146. The molecule has 264 valence electrons. The van der Waals surface area contributed by atoms with Crippen LogP contribution in [0.3, 0.4) is 0 Å². The summed E-state index contributed by atoms with van der Waals surface area (Å²) in [5.41, 5.74) is 3.20. The van der Waals surface area contributed by atoms with Crippen molar-refractivity contribution in [2.45, 2.75) is 26.7 Å². The molecule has 1 N–H and O–H groups in total. The van der Waals surface area contributed by atoms with Gasteiger partial charge in [-0.1, -0.05) is 78.3 Å². The van der Waals surface area contributed by atoms with E-state index in [2.05, 4.69) is 5.32 Å². The number of imide groups is 2. The summed E-state index contributed by atoms with van der Waals surface area (Å²) >= 11 is 6.70. The summed E-state index contributed by atoms with van der Waals surface area (Å²) in [5.74, 6) is 0.630. The van der Waals surface area contributed by atoms with Gasteiger partial charge >= 0.3 is 6.03 Å². The number of rotatable bonds is 14. The van der Waals surface area contributed by atoms with E-state index in [1.54, 1.807) is 50.4 Å². The van der Waals surface area contributed by atoms with Crippen LogP contribution in [0.1, 0.15) is 29.2 Å². The maximum Gasteiger partial charge on any atom is 0.335 e. The second kappa shape index (κ2) is 16.6. The fourth-order valence-corrected chi connectivity index (χ4v) is 5.65. The third-order valence-corrected chi connectivity index (χ3v) is 8.22. The summed E-state index contributed by atoms with van der Waals surface area (Å²) in [5, 5.41) is 2.43. The second-order valence-corrected chi connectivity index (χ2v) is 11.9. The molecule has 0 aliphatic carbocycles. The normalized spacial score (nSPS) is 13.5. The summed E-state index contributed by atoms with van der Waals surface area (Å²) < 4.78 is 29.3. The first-order valence-electron chi connectivity index (χ1n) is 16.4. The van der Waals surface area contributed by atoms with Crippen LogP contribution >= 0.6 is 11.6 Å². The molecular weight excluding hydrogens is 684 g/mol. The molecule has 1 heterocycles. The largest absolute Gasteiger partial charge is 0.493 e. The first kappa shape index (κ1) is 35.6. The van der Waals surface area contributed by atoms with E-state index in [9.17, 15) is 14.4 Å². The van der Waals surface area contributed by atoms with Crippen molar-refractivity contribution in [3.8, 4) is 28.7 Å². The average Bonchev–Trinajstić information content (AvgIpc) is 3.16.